The van der Waals surface area contributed by atoms with Gasteiger partial charge in [0, 0.05) is 54.3 Å². The SMILES string of the molecule is Clc1cccc(N2CCN(c3ncnc4c3c(-c3ccccc3)cn4-c3ccccc3)CC2)c1. The first-order valence-corrected chi connectivity index (χ1v) is 11.9. The van der Waals surface area contributed by atoms with Crippen molar-refractivity contribution in [2.45, 2.75) is 0 Å². The highest BCUT2D eigenvalue weighted by molar-refractivity contribution is 6.30. The third-order valence-electron chi connectivity index (χ3n) is 6.43. The zero-order chi connectivity index (χ0) is 22.9. The predicted octanol–water partition coefficient (Wildman–Crippen LogP) is 6.07. The molecule has 3 heterocycles. The molecule has 0 bridgehead atoms. The number of halogens is 1. The van der Waals surface area contributed by atoms with Crippen LogP contribution in [0.5, 0.6) is 0 Å². The molecule has 0 amide bonds. The molecule has 1 aliphatic heterocycles. The number of hydrogen-bond donors (Lipinski definition) is 0. The summed E-state index contributed by atoms with van der Waals surface area (Å²) in [6.45, 7) is 3.57. The highest BCUT2D eigenvalue weighted by Gasteiger charge is 2.24. The second-order valence-electron chi connectivity index (χ2n) is 8.46. The van der Waals surface area contributed by atoms with Crippen LogP contribution in [0.1, 0.15) is 0 Å². The zero-order valence-corrected chi connectivity index (χ0v) is 19.4. The summed E-state index contributed by atoms with van der Waals surface area (Å²) in [5.74, 6) is 0.990. The van der Waals surface area contributed by atoms with Gasteiger partial charge in [-0.05, 0) is 35.9 Å². The topological polar surface area (TPSA) is 37.2 Å². The molecule has 1 saturated heterocycles. The van der Waals surface area contributed by atoms with Crippen LogP contribution in [0, 0.1) is 0 Å². The van der Waals surface area contributed by atoms with Crippen molar-refractivity contribution in [2.24, 2.45) is 0 Å². The first-order chi connectivity index (χ1) is 16.8. The van der Waals surface area contributed by atoms with Crippen LogP contribution in [0.25, 0.3) is 27.8 Å². The largest absolute Gasteiger partial charge is 0.368 e. The van der Waals surface area contributed by atoms with E-state index < -0.39 is 0 Å². The molecule has 5 nitrogen and oxygen atoms in total. The molecule has 0 N–H and O–H groups in total. The molecular weight excluding hydrogens is 442 g/mol. The van der Waals surface area contributed by atoms with Crippen molar-refractivity contribution in [3.63, 3.8) is 0 Å². The minimum Gasteiger partial charge on any atom is -0.368 e. The number of para-hydroxylation sites is 1. The van der Waals surface area contributed by atoms with E-state index in [0.29, 0.717) is 0 Å². The van der Waals surface area contributed by atoms with Gasteiger partial charge in [-0.1, -0.05) is 66.2 Å². The van der Waals surface area contributed by atoms with E-state index in [9.17, 15) is 0 Å². The molecule has 3 aromatic carbocycles. The fraction of sp³-hybridized carbons (Fsp3) is 0.143. The molecule has 2 aromatic heterocycles. The van der Waals surface area contributed by atoms with E-state index in [2.05, 4.69) is 75.2 Å². The molecule has 6 heteroatoms. The lowest BCUT2D eigenvalue weighted by Gasteiger charge is -2.37. The molecule has 34 heavy (non-hydrogen) atoms. The number of anilines is 2. The third-order valence-corrected chi connectivity index (χ3v) is 6.67. The number of benzene rings is 3. The monoisotopic (exact) mass is 465 g/mol. The fourth-order valence-electron chi connectivity index (χ4n) is 4.76. The Labute approximate surface area is 203 Å². The van der Waals surface area contributed by atoms with Crippen LogP contribution in [-0.4, -0.2) is 40.7 Å². The normalized spacial score (nSPS) is 14.0. The molecule has 0 atom stereocenters. The van der Waals surface area contributed by atoms with Crippen molar-refractivity contribution in [1.29, 1.82) is 0 Å². The second-order valence-corrected chi connectivity index (χ2v) is 8.90. The Morgan fingerprint density at radius 1 is 0.676 bits per heavy atom. The Hall–Kier alpha value is -3.83. The van der Waals surface area contributed by atoms with Crippen LogP contribution in [0.15, 0.2) is 97.5 Å². The van der Waals surface area contributed by atoms with Gasteiger partial charge in [0.05, 0.1) is 5.39 Å². The van der Waals surface area contributed by atoms with Gasteiger partial charge in [0.2, 0.25) is 0 Å². The number of aromatic nitrogens is 3. The van der Waals surface area contributed by atoms with E-state index >= 15 is 0 Å². The van der Waals surface area contributed by atoms with Gasteiger partial charge >= 0.3 is 0 Å². The molecule has 0 saturated carbocycles. The molecule has 0 unspecified atom stereocenters. The summed E-state index contributed by atoms with van der Waals surface area (Å²) < 4.78 is 2.17. The number of fused-ring (bicyclic) bond motifs is 1. The number of hydrogen-bond acceptors (Lipinski definition) is 4. The lowest BCUT2D eigenvalue weighted by molar-refractivity contribution is 0.649. The van der Waals surface area contributed by atoms with E-state index in [1.165, 1.54) is 5.69 Å². The van der Waals surface area contributed by atoms with Gasteiger partial charge in [-0.2, -0.15) is 0 Å². The Bertz CT molecular complexity index is 1420. The van der Waals surface area contributed by atoms with Crippen LogP contribution < -0.4 is 9.80 Å². The predicted molar refractivity (Wildman–Crippen MR) is 140 cm³/mol. The summed E-state index contributed by atoms with van der Waals surface area (Å²) >= 11 is 6.23. The molecule has 6 rings (SSSR count). The first-order valence-electron chi connectivity index (χ1n) is 11.5. The molecular formula is C28H24ClN5. The lowest BCUT2D eigenvalue weighted by Crippen LogP contribution is -2.46. The van der Waals surface area contributed by atoms with Crippen molar-refractivity contribution < 1.29 is 0 Å². The van der Waals surface area contributed by atoms with E-state index in [4.69, 9.17) is 21.6 Å². The van der Waals surface area contributed by atoms with Crippen molar-refractivity contribution >= 4 is 34.1 Å². The van der Waals surface area contributed by atoms with Gasteiger partial charge in [-0.25, -0.2) is 9.97 Å². The second kappa shape index (κ2) is 8.84. The van der Waals surface area contributed by atoms with Crippen molar-refractivity contribution in [1.82, 2.24) is 14.5 Å². The fourth-order valence-corrected chi connectivity index (χ4v) is 4.94. The third kappa shape index (κ3) is 3.78. The number of rotatable bonds is 4. The summed E-state index contributed by atoms with van der Waals surface area (Å²) in [5, 5.41) is 1.86. The van der Waals surface area contributed by atoms with Gasteiger partial charge < -0.3 is 14.4 Å². The Balaban J connectivity index is 1.42. The van der Waals surface area contributed by atoms with Gasteiger partial charge in [-0.15, -0.1) is 0 Å². The van der Waals surface area contributed by atoms with Crippen molar-refractivity contribution in [3.8, 4) is 16.8 Å². The number of nitrogens with zero attached hydrogens (tertiary/aromatic N) is 5. The lowest BCUT2D eigenvalue weighted by atomic mass is 10.1. The zero-order valence-electron chi connectivity index (χ0n) is 18.7. The smallest absolute Gasteiger partial charge is 0.150 e. The average molecular weight is 466 g/mol. The van der Waals surface area contributed by atoms with E-state index in [1.54, 1.807) is 6.33 Å². The van der Waals surface area contributed by atoms with Gasteiger partial charge in [0.1, 0.15) is 12.1 Å². The molecule has 1 aliphatic rings. The molecule has 5 aromatic rings. The van der Waals surface area contributed by atoms with Crippen molar-refractivity contribution in [2.75, 3.05) is 36.0 Å². The summed E-state index contributed by atoms with van der Waals surface area (Å²) in [5.41, 5.74) is 5.49. The van der Waals surface area contributed by atoms with Crippen LogP contribution in [0.2, 0.25) is 5.02 Å². The average Bonchev–Trinajstić information content (AvgIpc) is 3.30. The maximum Gasteiger partial charge on any atom is 0.150 e. The molecule has 1 fully saturated rings. The van der Waals surface area contributed by atoms with Gasteiger partial charge in [0.15, 0.2) is 5.65 Å². The minimum atomic E-state index is 0.771. The highest BCUT2D eigenvalue weighted by Crippen LogP contribution is 2.37. The molecule has 168 valence electrons. The summed E-state index contributed by atoms with van der Waals surface area (Å²) in [7, 11) is 0. The molecule has 0 aliphatic carbocycles. The Kier molecular flexibility index (Phi) is 5.40. The minimum absolute atomic E-state index is 0.771. The summed E-state index contributed by atoms with van der Waals surface area (Å²) in [4.78, 5) is 14.3. The van der Waals surface area contributed by atoms with Gasteiger partial charge in [0.25, 0.3) is 0 Å². The first kappa shape index (κ1) is 20.8. The van der Waals surface area contributed by atoms with Crippen LogP contribution in [-0.2, 0) is 0 Å². The maximum absolute atomic E-state index is 6.23. The quantitative estimate of drug-likeness (QED) is 0.323. The Morgan fingerprint density at radius 2 is 1.35 bits per heavy atom. The van der Waals surface area contributed by atoms with Crippen molar-refractivity contribution in [3.05, 3.63) is 102 Å². The Morgan fingerprint density at radius 3 is 2.09 bits per heavy atom. The van der Waals surface area contributed by atoms with E-state index in [-0.39, 0.29) is 0 Å². The van der Waals surface area contributed by atoms with E-state index in [0.717, 1.165) is 64.9 Å². The molecule has 0 radical (unpaired) electrons. The summed E-state index contributed by atoms with van der Waals surface area (Å²) in [6.07, 6.45) is 3.88. The van der Waals surface area contributed by atoms with E-state index in [1.807, 2.05) is 30.3 Å². The number of piperazine rings is 1. The van der Waals surface area contributed by atoms with Gasteiger partial charge in [-0.3, -0.25) is 0 Å². The van der Waals surface area contributed by atoms with Crippen LogP contribution in [0.3, 0.4) is 0 Å². The van der Waals surface area contributed by atoms with Crippen LogP contribution >= 0.6 is 11.6 Å². The maximum atomic E-state index is 6.23. The summed E-state index contributed by atoms with van der Waals surface area (Å²) in [6, 6.07) is 29.0. The van der Waals surface area contributed by atoms with Crippen LogP contribution in [0.4, 0.5) is 11.5 Å². The standard InChI is InChI=1S/C28H24ClN5/c29-22-10-7-13-24(18-22)32-14-16-33(17-15-32)27-26-25(21-8-3-1-4-9-21)19-34(28(26)31-20-30-27)23-11-5-2-6-12-23/h1-13,18-20H,14-17H2. The highest BCUT2D eigenvalue weighted by atomic mass is 35.5. The molecule has 0 spiro atoms.